The van der Waals surface area contributed by atoms with Crippen LogP contribution in [0, 0.1) is 6.92 Å². The summed E-state index contributed by atoms with van der Waals surface area (Å²) in [6, 6.07) is 15.6. The van der Waals surface area contributed by atoms with Gasteiger partial charge in [-0.05, 0) is 48.9 Å². The number of halogens is 1. The summed E-state index contributed by atoms with van der Waals surface area (Å²) in [4.78, 5) is 25.5. The van der Waals surface area contributed by atoms with E-state index in [4.69, 9.17) is 16.3 Å². The number of fused-ring (bicyclic) bond motifs is 1. The van der Waals surface area contributed by atoms with E-state index in [-0.39, 0.29) is 0 Å². The summed E-state index contributed by atoms with van der Waals surface area (Å²) in [7, 11) is 1.31. The van der Waals surface area contributed by atoms with Gasteiger partial charge >= 0.3 is 11.9 Å². The van der Waals surface area contributed by atoms with Crippen molar-refractivity contribution in [2.24, 2.45) is 0 Å². The first-order valence-corrected chi connectivity index (χ1v) is 10.3. The van der Waals surface area contributed by atoms with Crippen molar-refractivity contribution in [3.05, 3.63) is 81.3 Å². The highest BCUT2D eigenvalue weighted by Gasteiger charge is 2.18. The first-order valence-electron chi connectivity index (χ1n) is 9.07. The number of thiophene rings is 1. The second kappa shape index (κ2) is 8.30. The average molecular weight is 441 g/mol. The number of esters is 2. The van der Waals surface area contributed by atoms with Gasteiger partial charge in [-0.1, -0.05) is 29.8 Å². The molecule has 0 spiro atoms. The van der Waals surface area contributed by atoms with E-state index < -0.39 is 11.9 Å². The van der Waals surface area contributed by atoms with E-state index in [1.807, 2.05) is 35.9 Å². The molecular formula is C22H17ClN2O4S. The third-order valence-electron chi connectivity index (χ3n) is 4.57. The molecule has 4 aromatic rings. The molecule has 30 heavy (non-hydrogen) atoms. The summed E-state index contributed by atoms with van der Waals surface area (Å²) in [6.07, 6.45) is 0. The van der Waals surface area contributed by atoms with Crippen molar-refractivity contribution in [3.8, 4) is 5.75 Å². The highest BCUT2D eigenvalue weighted by molar-refractivity contribution is 7.20. The van der Waals surface area contributed by atoms with E-state index in [1.54, 1.807) is 30.3 Å². The van der Waals surface area contributed by atoms with E-state index in [0.29, 0.717) is 27.8 Å². The predicted molar refractivity (Wildman–Crippen MR) is 116 cm³/mol. The van der Waals surface area contributed by atoms with Crippen LogP contribution >= 0.6 is 22.9 Å². The van der Waals surface area contributed by atoms with Gasteiger partial charge < -0.3 is 9.47 Å². The molecule has 0 radical (unpaired) electrons. The molecule has 2 aromatic heterocycles. The highest BCUT2D eigenvalue weighted by Crippen LogP contribution is 2.30. The Kier molecular flexibility index (Phi) is 5.57. The molecule has 8 heteroatoms. The Bertz CT molecular complexity index is 1240. The second-order valence-electron chi connectivity index (χ2n) is 6.57. The lowest BCUT2D eigenvalue weighted by molar-refractivity contribution is 0.0600. The van der Waals surface area contributed by atoms with Crippen LogP contribution in [0.15, 0.2) is 54.6 Å². The summed E-state index contributed by atoms with van der Waals surface area (Å²) < 4.78 is 12.0. The summed E-state index contributed by atoms with van der Waals surface area (Å²) in [5.41, 5.74) is 2.16. The van der Waals surface area contributed by atoms with Gasteiger partial charge in [-0.15, -0.1) is 11.3 Å². The fourth-order valence-electron chi connectivity index (χ4n) is 3.04. The third kappa shape index (κ3) is 3.94. The molecule has 0 aliphatic heterocycles. The Morgan fingerprint density at radius 1 is 1.10 bits per heavy atom. The number of carbonyl (C=O) groups excluding carboxylic acids is 2. The Hall–Kier alpha value is -3.16. The zero-order chi connectivity index (χ0) is 21.3. The van der Waals surface area contributed by atoms with Crippen LogP contribution < -0.4 is 4.74 Å². The number of nitrogens with zero attached hydrogens (tertiary/aromatic N) is 2. The van der Waals surface area contributed by atoms with Gasteiger partial charge in [-0.3, -0.25) is 4.68 Å². The van der Waals surface area contributed by atoms with E-state index in [9.17, 15) is 9.59 Å². The Morgan fingerprint density at radius 3 is 2.53 bits per heavy atom. The Morgan fingerprint density at radius 2 is 1.83 bits per heavy atom. The number of methoxy groups -OCH3 is 1. The molecular weight excluding hydrogens is 424 g/mol. The topological polar surface area (TPSA) is 70.4 Å². The third-order valence-corrected chi connectivity index (χ3v) is 6.07. The fraction of sp³-hybridized carbons (Fsp3) is 0.136. The molecule has 6 nitrogen and oxygen atoms in total. The van der Waals surface area contributed by atoms with Gasteiger partial charge in [0.2, 0.25) is 0 Å². The molecule has 2 aromatic carbocycles. The lowest BCUT2D eigenvalue weighted by atomic mass is 10.2. The van der Waals surface area contributed by atoms with Gasteiger partial charge in [0.05, 0.1) is 24.9 Å². The normalized spacial score (nSPS) is 10.9. The fourth-order valence-corrected chi connectivity index (χ4v) is 4.28. The summed E-state index contributed by atoms with van der Waals surface area (Å²) in [5.74, 6) is -0.568. The molecule has 2 heterocycles. The zero-order valence-electron chi connectivity index (χ0n) is 16.2. The Labute approximate surface area is 181 Å². The van der Waals surface area contributed by atoms with Crippen LogP contribution in [0.2, 0.25) is 5.02 Å². The van der Waals surface area contributed by atoms with Crippen LogP contribution in [-0.4, -0.2) is 28.8 Å². The van der Waals surface area contributed by atoms with Crippen molar-refractivity contribution in [3.63, 3.8) is 0 Å². The van der Waals surface area contributed by atoms with Gasteiger partial charge in [-0.2, -0.15) is 5.10 Å². The quantitative estimate of drug-likeness (QED) is 0.318. The second-order valence-corrected chi connectivity index (χ2v) is 8.01. The largest absolute Gasteiger partial charge is 0.465 e. The first-order chi connectivity index (χ1) is 14.5. The van der Waals surface area contributed by atoms with Crippen molar-refractivity contribution in [2.45, 2.75) is 13.5 Å². The van der Waals surface area contributed by atoms with Crippen LogP contribution in [-0.2, 0) is 11.3 Å². The van der Waals surface area contributed by atoms with E-state index in [0.717, 1.165) is 21.5 Å². The molecule has 0 atom stereocenters. The van der Waals surface area contributed by atoms with E-state index in [1.165, 1.54) is 18.4 Å². The van der Waals surface area contributed by atoms with Crippen molar-refractivity contribution in [1.29, 1.82) is 0 Å². The van der Waals surface area contributed by atoms with Gasteiger partial charge in [0.15, 0.2) is 0 Å². The number of rotatable bonds is 5. The molecule has 0 unspecified atom stereocenters. The predicted octanol–water partition coefficient (Wildman–Crippen LogP) is 5.11. The molecule has 4 rings (SSSR count). The van der Waals surface area contributed by atoms with Crippen molar-refractivity contribution in [1.82, 2.24) is 9.78 Å². The maximum absolute atomic E-state index is 12.6. The smallest absolute Gasteiger partial charge is 0.353 e. The van der Waals surface area contributed by atoms with Crippen molar-refractivity contribution < 1.29 is 19.1 Å². The summed E-state index contributed by atoms with van der Waals surface area (Å²) in [6.45, 7) is 2.41. The highest BCUT2D eigenvalue weighted by atomic mass is 35.5. The molecule has 0 aliphatic carbocycles. The summed E-state index contributed by atoms with van der Waals surface area (Å²) in [5, 5.41) is 6.15. The molecule has 0 bridgehead atoms. The number of aryl methyl sites for hydroxylation is 1. The van der Waals surface area contributed by atoms with Crippen molar-refractivity contribution in [2.75, 3.05) is 7.11 Å². The lowest BCUT2D eigenvalue weighted by Gasteiger charge is -2.05. The lowest BCUT2D eigenvalue weighted by Crippen LogP contribution is -2.07. The maximum Gasteiger partial charge on any atom is 0.353 e. The molecule has 0 amide bonds. The van der Waals surface area contributed by atoms with Crippen LogP contribution in [0.3, 0.4) is 0 Å². The SMILES string of the molecule is COC(=O)c1ccc(OC(=O)c2cc3c(C)nn(Cc4ccccc4Cl)c3s2)cc1. The minimum atomic E-state index is -0.467. The molecule has 0 saturated heterocycles. The maximum atomic E-state index is 12.6. The van der Waals surface area contributed by atoms with Gasteiger partial charge in [0.25, 0.3) is 0 Å². The van der Waals surface area contributed by atoms with Crippen LogP contribution in [0.4, 0.5) is 0 Å². The number of carbonyl (C=O) groups is 2. The summed E-state index contributed by atoms with van der Waals surface area (Å²) >= 11 is 7.59. The molecule has 0 fully saturated rings. The van der Waals surface area contributed by atoms with Crippen LogP contribution in [0.1, 0.15) is 31.3 Å². The van der Waals surface area contributed by atoms with Crippen LogP contribution in [0.5, 0.6) is 5.75 Å². The van der Waals surface area contributed by atoms with Gasteiger partial charge in [0.1, 0.15) is 15.5 Å². The number of aromatic nitrogens is 2. The van der Waals surface area contributed by atoms with Gasteiger partial charge in [-0.25, -0.2) is 9.59 Å². The standard InChI is InChI=1S/C22H17ClN2O4S/c1-13-17-11-19(22(27)29-16-9-7-14(8-10-16)21(26)28-2)30-20(17)25(24-13)12-15-5-3-4-6-18(15)23/h3-11H,12H2,1-2H3. The number of benzene rings is 2. The zero-order valence-corrected chi connectivity index (χ0v) is 17.8. The minimum absolute atomic E-state index is 0.347. The average Bonchev–Trinajstić information content (AvgIpc) is 3.31. The molecule has 152 valence electrons. The van der Waals surface area contributed by atoms with E-state index in [2.05, 4.69) is 9.84 Å². The number of ether oxygens (including phenoxy) is 2. The number of hydrogen-bond donors (Lipinski definition) is 0. The molecule has 0 saturated carbocycles. The molecule has 0 aliphatic rings. The monoisotopic (exact) mass is 440 g/mol. The first kappa shape index (κ1) is 20.1. The van der Waals surface area contributed by atoms with E-state index >= 15 is 0 Å². The molecule has 0 N–H and O–H groups in total. The Balaban J connectivity index is 1.57. The van der Waals surface area contributed by atoms with Crippen LogP contribution in [0.25, 0.3) is 10.2 Å². The van der Waals surface area contributed by atoms with Gasteiger partial charge in [0, 0.05) is 10.4 Å². The number of hydrogen-bond acceptors (Lipinski definition) is 6. The van der Waals surface area contributed by atoms with Crippen molar-refractivity contribution >= 4 is 45.1 Å². The minimum Gasteiger partial charge on any atom is -0.465 e.